The lowest BCUT2D eigenvalue weighted by atomic mass is 10.2. The minimum atomic E-state index is -0.489. The highest BCUT2D eigenvalue weighted by molar-refractivity contribution is 6.33. The second kappa shape index (κ2) is 5.03. The van der Waals surface area contributed by atoms with E-state index in [0.29, 0.717) is 46.2 Å². The van der Waals surface area contributed by atoms with E-state index in [4.69, 9.17) is 25.5 Å². The molecule has 2 aromatic carbocycles. The summed E-state index contributed by atoms with van der Waals surface area (Å²) in [6.07, 6.45) is 0. The summed E-state index contributed by atoms with van der Waals surface area (Å²) in [7, 11) is 0. The number of fused-ring (bicyclic) bond motifs is 2. The Morgan fingerprint density at radius 3 is 2.55 bits per heavy atom. The monoisotopic (exact) mass is 315 g/mol. The minimum absolute atomic E-state index is 0.180. The zero-order valence-corrected chi connectivity index (χ0v) is 12.1. The maximum absolute atomic E-state index is 12.2. The van der Waals surface area contributed by atoms with E-state index in [0.717, 1.165) is 0 Å². The summed E-state index contributed by atoms with van der Waals surface area (Å²) in [5.41, 5.74) is 0.561. The molecule has 0 atom stereocenters. The molecule has 1 aliphatic rings. The molecule has 0 saturated carbocycles. The molecule has 0 unspecified atom stereocenters. The van der Waals surface area contributed by atoms with Gasteiger partial charge in [-0.3, -0.25) is 0 Å². The molecule has 0 N–H and O–H groups in total. The molecule has 110 valence electrons. The molecule has 2 heterocycles. The first-order valence-electron chi connectivity index (χ1n) is 6.72. The van der Waals surface area contributed by atoms with Gasteiger partial charge in [0.05, 0.1) is 21.5 Å². The number of hydrogen-bond acceptors (Lipinski definition) is 5. The van der Waals surface area contributed by atoms with E-state index in [2.05, 4.69) is 4.98 Å². The summed E-state index contributed by atoms with van der Waals surface area (Å²) < 4.78 is 16.3. The van der Waals surface area contributed by atoms with E-state index in [1.807, 2.05) is 0 Å². The van der Waals surface area contributed by atoms with Crippen molar-refractivity contribution in [1.29, 1.82) is 0 Å². The SMILES string of the molecule is O=c1oc(-c2ccccc2Cl)nc2cc3c(cc12)OCCO3. The Morgan fingerprint density at radius 1 is 1.05 bits per heavy atom. The fourth-order valence-electron chi connectivity index (χ4n) is 2.36. The zero-order valence-electron chi connectivity index (χ0n) is 11.3. The summed E-state index contributed by atoms with van der Waals surface area (Å²) in [6.45, 7) is 0.923. The van der Waals surface area contributed by atoms with Crippen molar-refractivity contribution in [3.63, 3.8) is 0 Å². The average molecular weight is 316 g/mol. The molecule has 5 nitrogen and oxygen atoms in total. The summed E-state index contributed by atoms with van der Waals surface area (Å²) in [6, 6.07) is 10.3. The Kier molecular flexibility index (Phi) is 3.01. The van der Waals surface area contributed by atoms with Crippen molar-refractivity contribution < 1.29 is 13.9 Å². The number of hydrogen-bond donors (Lipinski definition) is 0. The molecule has 0 bridgehead atoms. The molecule has 1 aliphatic heterocycles. The minimum Gasteiger partial charge on any atom is -0.486 e. The van der Waals surface area contributed by atoms with Crippen molar-refractivity contribution in [2.45, 2.75) is 0 Å². The van der Waals surface area contributed by atoms with Gasteiger partial charge in [-0.15, -0.1) is 0 Å². The van der Waals surface area contributed by atoms with Gasteiger partial charge in [0, 0.05) is 12.1 Å². The molecule has 4 rings (SSSR count). The van der Waals surface area contributed by atoms with Crippen molar-refractivity contribution in [2.24, 2.45) is 0 Å². The second-order valence-corrected chi connectivity index (χ2v) is 5.21. The molecular formula is C16H10ClNO4. The lowest BCUT2D eigenvalue weighted by molar-refractivity contribution is 0.172. The van der Waals surface area contributed by atoms with Crippen molar-refractivity contribution in [3.05, 3.63) is 51.8 Å². The number of aromatic nitrogens is 1. The average Bonchev–Trinajstić information content (AvgIpc) is 2.53. The highest BCUT2D eigenvalue weighted by Crippen LogP contribution is 2.34. The summed E-state index contributed by atoms with van der Waals surface area (Å²) in [4.78, 5) is 16.6. The van der Waals surface area contributed by atoms with Gasteiger partial charge >= 0.3 is 5.63 Å². The predicted molar refractivity (Wildman–Crippen MR) is 81.7 cm³/mol. The van der Waals surface area contributed by atoms with E-state index in [1.165, 1.54) is 0 Å². The third kappa shape index (κ3) is 2.10. The Bertz CT molecular complexity index is 935. The first kappa shape index (κ1) is 13.2. The van der Waals surface area contributed by atoms with E-state index in [-0.39, 0.29) is 5.89 Å². The first-order valence-corrected chi connectivity index (χ1v) is 7.09. The number of rotatable bonds is 1. The van der Waals surface area contributed by atoms with E-state index >= 15 is 0 Å². The van der Waals surface area contributed by atoms with Gasteiger partial charge in [-0.25, -0.2) is 9.78 Å². The van der Waals surface area contributed by atoms with Crippen LogP contribution >= 0.6 is 11.6 Å². The topological polar surface area (TPSA) is 61.6 Å². The third-order valence-electron chi connectivity index (χ3n) is 3.40. The van der Waals surface area contributed by atoms with E-state index < -0.39 is 5.63 Å². The maximum Gasteiger partial charge on any atom is 0.347 e. The molecule has 0 saturated heterocycles. The Hall–Kier alpha value is -2.53. The quantitative estimate of drug-likeness (QED) is 0.689. The highest BCUT2D eigenvalue weighted by Gasteiger charge is 2.17. The van der Waals surface area contributed by atoms with Gasteiger partial charge in [0.25, 0.3) is 0 Å². The highest BCUT2D eigenvalue weighted by atomic mass is 35.5. The molecule has 6 heteroatoms. The molecule has 3 aromatic rings. The van der Waals surface area contributed by atoms with Gasteiger partial charge in [0.1, 0.15) is 13.2 Å². The first-order chi connectivity index (χ1) is 10.7. The number of halogens is 1. The number of benzene rings is 2. The van der Waals surface area contributed by atoms with Gasteiger partial charge in [-0.2, -0.15) is 0 Å². The molecule has 0 amide bonds. The fourth-order valence-corrected chi connectivity index (χ4v) is 2.58. The lowest BCUT2D eigenvalue weighted by Gasteiger charge is -2.18. The van der Waals surface area contributed by atoms with Crippen molar-refractivity contribution in [1.82, 2.24) is 4.98 Å². The van der Waals surface area contributed by atoms with Crippen LogP contribution in [-0.4, -0.2) is 18.2 Å². The largest absolute Gasteiger partial charge is 0.486 e. The molecule has 0 spiro atoms. The van der Waals surface area contributed by atoms with Crippen LogP contribution in [-0.2, 0) is 0 Å². The molecule has 1 aromatic heterocycles. The van der Waals surface area contributed by atoms with Gasteiger partial charge in [0.2, 0.25) is 5.89 Å². The van der Waals surface area contributed by atoms with Gasteiger partial charge in [0.15, 0.2) is 11.5 Å². The standard InChI is InChI=1S/C16H10ClNO4/c17-11-4-2-1-3-9(11)15-18-12-8-14-13(20-5-6-21-14)7-10(12)16(19)22-15/h1-4,7-8H,5-6H2. The molecule has 22 heavy (non-hydrogen) atoms. The molecular weight excluding hydrogens is 306 g/mol. The van der Waals surface area contributed by atoms with Crippen LogP contribution in [0.3, 0.4) is 0 Å². The van der Waals surface area contributed by atoms with Crippen LogP contribution in [0, 0.1) is 0 Å². The van der Waals surface area contributed by atoms with Gasteiger partial charge in [-0.05, 0) is 12.1 Å². The van der Waals surface area contributed by atoms with Crippen LogP contribution in [0.1, 0.15) is 0 Å². The van der Waals surface area contributed by atoms with Crippen LogP contribution in [0.4, 0.5) is 0 Å². The molecule has 0 aliphatic carbocycles. The fraction of sp³-hybridized carbons (Fsp3) is 0.125. The summed E-state index contributed by atoms with van der Waals surface area (Å²) in [5.74, 6) is 1.28. The van der Waals surface area contributed by atoms with Crippen LogP contribution in [0.5, 0.6) is 11.5 Å². The Balaban J connectivity index is 1.96. The Labute approximate surface area is 130 Å². The second-order valence-electron chi connectivity index (χ2n) is 4.80. The predicted octanol–water partition coefficient (Wildman–Crippen LogP) is 3.28. The van der Waals surface area contributed by atoms with E-state index in [1.54, 1.807) is 36.4 Å². The van der Waals surface area contributed by atoms with Crippen LogP contribution in [0.25, 0.3) is 22.4 Å². The van der Waals surface area contributed by atoms with Gasteiger partial charge < -0.3 is 13.9 Å². The number of nitrogens with zero attached hydrogens (tertiary/aromatic N) is 1. The van der Waals surface area contributed by atoms with Crippen molar-refractivity contribution in [2.75, 3.05) is 13.2 Å². The lowest BCUT2D eigenvalue weighted by Crippen LogP contribution is -2.16. The van der Waals surface area contributed by atoms with Gasteiger partial charge in [-0.1, -0.05) is 23.7 Å². The summed E-state index contributed by atoms with van der Waals surface area (Å²) >= 11 is 6.13. The summed E-state index contributed by atoms with van der Waals surface area (Å²) in [5, 5.41) is 0.815. The Morgan fingerprint density at radius 2 is 1.77 bits per heavy atom. The van der Waals surface area contributed by atoms with Crippen molar-refractivity contribution in [3.8, 4) is 23.0 Å². The third-order valence-corrected chi connectivity index (χ3v) is 3.73. The maximum atomic E-state index is 12.2. The number of ether oxygens (including phenoxy) is 2. The molecule has 0 radical (unpaired) electrons. The van der Waals surface area contributed by atoms with Crippen LogP contribution in [0.2, 0.25) is 5.02 Å². The molecule has 0 fully saturated rings. The normalized spacial score (nSPS) is 13.3. The van der Waals surface area contributed by atoms with Crippen molar-refractivity contribution >= 4 is 22.5 Å². The smallest absolute Gasteiger partial charge is 0.347 e. The van der Waals surface area contributed by atoms with Crippen LogP contribution in [0.15, 0.2) is 45.6 Å². The van der Waals surface area contributed by atoms with Crippen LogP contribution < -0.4 is 15.1 Å². The van der Waals surface area contributed by atoms with E-state index in [9.17, 15) is 4.79 Å². The zero-order chi connectivity index (χ0) is 15.1.